The van der Waals surface area contributed by atoms with Gasteiger partial charge in [-0.1, -0.05) is 19.1 Å². The maximum absolute atomic E-state index is 11.9. The molecule has 0 saturated heterocycles. The summed E-state index contributed by atoms with van der Waals surface area (Å²) in [6.45, 7) is 1.59. The summed E-state index contributed by atoms with van der Waals surface area (Å²) < 4.78 is 35.8. The second-order valence-electron chi connectivity index (χ2n) is 4.80. The number of rotatable bonds is 7. The summed E-state index contributed by atoms with van der Waals surface area (Å²) >= 11 is 0.500. The third-order valence-electron chi connectivity index (χ3n) is 2.70. The molecule has 0 aromatic heterocycles. The van der Waals surface area contributed by atoms with Crippen LogP contribution >= 0.6 is 11.8 Å². The molecule has 1 rings (SSSR count). The number of benzene rings is 1. The normalized spacial score (nSPS) is 12.7. The molecular formula is C14H16F3NO3S. The Morgan fingerprint density at radius 2 is 1.86 bits per heavy atom. The Hall–Kier alpha value is -1.70. The highest BCUT2D eigenvalue weighted by atomic mass is 32.2. The number of halogens is 3. The molecule has 0 heterocycles. The maximum Gasteiger partial charge on any atom is 0.397 e. The molecule has 0 saturated carbocycles. The molecular weight excluding hydrogens is 319 g/mol. The lowest BCUT2D eigenvalue weighted by Crippen LogP contribution is -2.18. The molecule has 2 N–H and O–H groups in total. The van der Waals surface area contributed by atoms with E-state index in [1.807, 2.05) is 0 Å². The molecule has 1 unspecified atom stereocenters. The molecule has 0 spiro atoms. The number of hydrogen-bond acceptors (Lipinski definition) is 3. The highest BCUT2D eigenvalue weighted by Crippen LogP contribution is 2.21. The van der Waals surface area contributed by atoms with Crippen molar-refractivity contribution in [1.29, 1.82) is 0 Å². The van der Waals surface area contributed by atoms with Gasteiger partial charge in [-0.15, -0.1) is 11.8 Å². The van der Waals surface area contributed by atoms with Gasteiger partial charge in [-0.3, -0.25) is 9.59 Å². The van der Waals surface area contributed by atoms with Crippen molar-refractivity contribution in [3.63, 3.8) is 0 Å². The number of nitrogens with one attached hydrogen (secondary N) is 1. The fourth-order valence-corrected chi connectivity index (χ4v) is 2.21. The number of carboxylic acid groups (broad SMARTS) is 1. The fourth-order valence-electron chi connectivity index (χ4n) is 1.62. The molecule has 0 radical (unpaired) electrons. The van der Waals surface area contributed by atoms with Gasteiger partial charge < -0.3 is 10.4 Å². The van der Waals surface area contributed by atoms with E-state index < -0.39 is 29.7 Å². The number of thioether (sulfide) groups is 1. The van der Waals surface area contributed by atoms with Gasteiger partial charge in [-0.05, 0) is 24.1 Å². The first kappa shape index (κ1) is 18.3. The molecule has 8 heteroatoms. The fraction of sp³-hybridized carbons (Fsp3) is 0.429. The quantitative estimate of drug-likeness (QED) is 0.803. The number of anilines is 1. The summed E-state index contributed by atoms with van der Waals surface area (Å²) in [6, 6.07) is 6.54. The summed E-state index contributed by atoms with van der Waals surface area (Å²) in [7, 11) is 0. The van der Waals surface area contributed by atoms with Crippen LogP contribution in [0, 0.1) is 5.92 Å². The molecule has 0 fully saturated rings. The van der Waals surface area contributed by atoms with E-state index in [2.05, 4.69) is 5.32 Å². The average Bonchev–Trinajstić information content (AvgIpc) is 2.39. The molecule has 0 aliphatic carbocycles. The highest BCUT2D eigenvalue weighted by Gasteiger charge is 2.27. The van der Waals surface area contributed by atoms with Crippen LogP contribution in [0.5, 0.6) is 0 Å². The van der Waals surface area contributed by atoms with E-state index in [4.69, 9.17) is 5.11 Å². The van der Waals surface area contributed by atoms with Crippen molar-refractivity contribution in [1.82, 2.24) is 0 Å². The number of hydrogen-bond donors (Lipinski definition) is 2. The van der Waals surface area contributed by atoms with Gasteiger partial charge in [0, 0.05) is 5.69 Å². The van der Waals surface area contributed by atoms with Gasteiger partial charge in [0.15, 0.2) is 0 Å². The predicted molar refractivity (Wildman–Crippen MR) is 79.0 cm³/mol. The van der Waals surface area contributed by atoms with Gasteiger partial charge in [-0.2, -0.15) is 13.2 Å². The van der Waals surface area contributed by atoms with Crippen molar-refractivity contribution in [3.05, 3.63) is 29.8 Å². The van der Waals surface area contributed by atoms with E-state index in [1.54, 1.807) is 31.2 Å². The summed E-state index contributed by atoms with van der Waals surface area (Å²) in [5.41, 5.74) is 1.27. The van der Waals surface area contributed by atoms with E-state index in [1.165, 1.54) is 0 Å². The number of amides is 1. The molecule has 0 aliphatic rings. The Morgan fingerprint density at radius 3 is 2.36 bits per heavy atom. The zero-order valence-electron chi connectivity index (χ0n) is 11.8. The number of alkyl halides is 3. The van der Waals surface area contributed by atoms with Crippen molar-refractivity contribution in [2.75, 3.05) is 16.8 Å². The van der Waals surface area contributed by atoms with Gasteiger partial charge in [-0.25, -0.2) is 0 Å². The maximum atomic E-state index is 11.9. The third-order valence-corrected chi connectivity index (χ3v) is 3.70. The lowest BCUT2D eigenvalue weighted by molar-refractivity contribution is -0.141. The van der Waals surface area contributed by atoms with Crippen LogP contribution < -0.4 is 5.32 Å². The van der Waals surface area contributed by atoms with Crippen molar-refractivity contribution < 1.29 is 27.9 Å². The minimum absolute atomic E-state index is 0.280. The van der Waals surface area contributed by atoms with Crippen LogP contribution in [0.15, 0.2) is 24.3 Å². The van der Waals surface area contributed by atoms with Crippen LogP contribution in [-0.2, 0) is 16.0 Å². The lowest BCUT2D eigenvalue weighted by Gasteiger charge is -2.09. The molecule has 122 valence electrons. The van der Waals surface area contributed by atoms with Crippen LogP contribution in [0.25, 0.3) is 0 Å². The molecule has 1 amide bonds. The van der Waals surface area contributed by atoms with Gasteiger partial charge in [0.2, 0.25) is 5.91 Å². The van der Waals surface area contributed by atoms with Crippen molar-refractivity contribution >= 4 is 29.3 Å². The number of carbonyl (C=O) groups excluding carboxylic acids is 1. The first-order chi connectivity index (χ1) is 10.2. The molecule has 4 nitrogen and oxygen atoms in total. The molecule has 0 aliphatic heterocycles. The Balaban J connectivity index is 2.43. The smallest absolute Gasteiger partial charge is 0.397 e. The number of aliphatic carboxylic acids is 1. The Bertz CT molecular complexity index is 517. The van der Waals surface area contributed by atoms with Crippen molar-refractivity contribution in [2.45, 2.75) is 19.5 Å². The van der Waals surface area contributed by atoms with Crippen LogP contribution in [0.1, 0.15) is 12.5 Å². The molecule has 1 aromatic rings. The first-order valence-corrected chi connectivity index (χ1v) is 7.59. The molecule has 0 bridgehead atoms. The number of carbonyl (C=O) groups is 2. The van der Waals surface area contributed by atoms with E-state index in [-0.39, 0.29) is 5.75 Å². The van der Waals surface area contributed by atoms with E-state index in [9.17, 15) is 22.8 Å². The minimum Gasteiger partial charge on any atom is -0.481 e. The lowest BCUT2D eigenvalue weighted by atomic mass is 10.0. The Morgan fingerprint density at radius 1 is 1.27 bits per heavy atom. The molecule has 22 heavy (non-hydrogen) atoms. The molecule has 1 atom stereocenters. The summed E-state index contributed by atoms with van der Waals surface area (Å²) in [4.78, 5) is 22.2. The summed E-state index contributed by atoms with van der Waals surface area (Å²) in [5, 5.41) is 11.3. The standard InChI is InChI=1S/C14H16F3NO3S/c1-9(13(20)21)6-10-2-4-11(5-3-10)18-12(19)7-22-8-14(15,16)17/h2-5,9H,6-8H2,1H3,(H,18,19)(H,20,21). The van der Waals surface area contributed by atoms with Gasteiger partial charge >= 0.3 is 12.1 Å². The second-order valence-corrected chi connectivity index (χ2v) is 5.78. The average molecular weight is 335 g/mol. The van der Waals surface area contributed by atoms with Gasteiger partial charge in [0.1, 0.15) is 0 Å². The van der Waals surface area contributed by atoms with Crippen molar-refractivity contribution in [3.8, 4) is 0 Å². The largest absolute Gasteiger partial charge is 0.481 e. The first-order valence-electron chi connectivity index (χ1n) is 6.43. The Kier molecular flexibility index (Phi) is 6.73. The molecule has 1 aromatic carbocycles. The summed E-state index contributed by atoms with van der Waals surface area (Å²) in [5.74, 6) is -3.26. The van der Waals surface area contributed by atoms with Crippen molar-refractivity contribution in [2.24, 2.45) is 5.92 Å². The summed E-state index contributed by atoms with van der Waals surface area (Å²) in [6.07, 6.45) is -3.92. The zero-order chi connectivity index (χ0) is 16.8. The highest BCUT2D eigenvalue weighted by molar-refractivity contribution is 8.00. The van der Waals surface area contributed by atoms with Gasteiger partial charge in [0.05, 0.1) is 17.4 Å². The monoisotopic (exact) mass is 335 g/mol. The van der Waals surface area contributed by atoms with Crippen LogP contribution in [0.3, 0.4) is 0 Å². The predicted octanol–water partition coefficient (Wildman–Crippen LogP) is 3.18. The van der Waals surface area contributed by atoms with E-state index in [0.717, 1.165) is 5.56 Å². The topological polar surface area (TPSA) is 66.4 Å². The van der Waals surface area contributed by atoms with Crippen LogP contribution in [0.2, 0.25) is 0 Å². The SMILES string of the molecule is CC(Cc1ccc(NC(=O)CSCC(F)(F)F)cc1)C(=O)O. The Labute approximate surface area is 130 Å². The second kappa shape index (κ2) is 8.07. The zero-order valence-corrected chi connectivity index (χ0v) is 12.6. The van der Waals surface area contributed by atoms with E-state index >= 15 is 0 Å². The number of carboxylic acids is 1. The van der Waals surface area contributed by atoms with E-state index in [0.29, 0.717) is 23.9 Å². The van der Waals surface area contributed by atoms with Crippen LogP contribution in [0.4, 0.5) is 18.9 Å². The van der Waals surface area contributed by atoms with Crippen LogP contribution in [-0.4, -0.2) is 34.7 Å². The minimum atomic E-state index is -4.28. The third kappa shape index (κ3) is 7.35. The van der Waals surface area contributed by atoms with Gasteiger partial charge in [0.25, 0.3) is 0 Å².